The second-order valence-electron chi connectivity index (χ2n) is 15.4. The highest BCUT2D eigenvalue weighted by atomic mass is 127. The molecule has 0 bridgehead atoms. The summed E-state index contributed by atoms with van der Waals surface area (Å²) in [5.74, 6) is 1.27. The Balaban J connectivity index is -0.000000120. The number of alkyl halides is 2. The van der Waals surface area contributed by atoms with E-state index in [0.29, 0.717) is 35.4 Å². The molecule has 0 aromatic heterocycles. The second kappa shape index (κ2) is 50.2. The molecule has 0 aromatic carbocycles. The van der Waals surface area contributed by atoms with Crippen molar-refractivity contribution < 1.29 is 10.2 Å². The van der Waals surface area contributed by atoms with Crippen molar-refractivity contribution in [1.29, 1.82) is 0 Å². The van der Waals surface area contributed by atoms with E-state index in [9.17, 15) is 0 Å². The van der Waals surface area contributed by atoms with Crippen LogP contribution in [-0.2, 0) is 0 Å². The highest BCUT2D eigenvalue weighted by molar-refractivity contribution is 14.1. The van der Waals surface area contributed by atoms with Crippen LogP contribution in [0, 0.1) is 28.1 Å². The normalized spacial score (nSPS) is 12.5. The Kier molecular flexibility index (Phi) is 65.8. The molecule has 0 fully saturated rings. The van der Waals surface area contributed by atoms with Crippen LogP contribution in [0.4, 0.5) is 0 Å². The molecular weight excluding hydrogens is 1150 g/mol. The van der Waals surface area contributed by atoms with Gasteiger partial charge in [0, 0.05) is 23.9 Å². The summed E-state index contributed by atoms with van der Waals surface area (Å²) in [6, 6.07) is 0. The lowest BCUT2D eigenvalue weighted by Crippen LogP contribution is -2.16. The quantitative estimate of drug-likeness (QED) is 0.0253. The van der Waals surface area contributed by atoms with Crippen LogP contribution in [-0.4, -0.2) is 67.1 Å². The lowest BCUT2D eigenvalue weighted by Gasteiger charge is -2.25. The third-order valence-corrected chi connectivity index (χ3v) is 15.9. The maximum absolute atomic E-state index is 8.79. The number of allylic oxidation sites excluding steroid dienone is 2. The molecule has 0 spiro atoms. The average Bonchev–Trinajstić information content (AvgIpc) is 3.08. The van der Waals surface area contributed by atoms with Crippen molar-refractivity contribution >= 4 is 139 Å². The molecule has 13 heteroatoms. The highest BCUT2D eigenvalue weighted by Gasteiger charge is 2.18. The van der Waals surface area contributed by atoms with Crippen LogP contribution >= 0.6 is 124 Å². The number of hydrogen-bond acceptors (Lipinski definition) is 2. The molecule has 3 radical (unpaired) electrons. The first-order valence-corrected chi connectivity index (χ1v) is 28.6. The fourth-order valence-electron chi connectivity index (χ4n) is 4.13. The van der Waals surface area contributed by atoms with Gasteiger partial charge >= 0.3 is 0 Å². The van der Waals surface area contributed by atoms with E-state index in [0.717, 1.165) is 62.0 Å². The Hall–Kier alpha value is 4.03. The van der Waals surface area contributed by atoms with Crippen LogP contribution in [0.5, 0.6) is 0 Å². The van der Waals surface area contributed by atoms with Crippen molar-refractivity contribution in [2.75, 3.05) is 42.4 Å². The van der Waals surface area contributed by atoms with Crippen LogP contribution in [0.25, 0.3) is 0 Å². The van der Waals surface area contributed by atoms with Crippen LogP contribution < -0.4 is 0 Å². The minimum absolute atomic E-state index is 0.323. The first-order valence-electron chi connectivity index (χ1n) is 18.8. The van der Waals surface area contributed by atoms with Gasteiger partial charge in [-0.15, -0.1) is 38.5 Å². The van der Waals surface area contributed by atoms with Gasteiger partial charge in [0.1, 0.15) is 0 Å². The maximum atomic E-state index is 8.79. The summed E-state index contributed by atoms with van der Waals surface area (Å²) in [6.45, 7) is 35.1. The summed E-state index contributed by atoms with van der Waals surface area (Å²) < 4.78 is 0. The van der Waals surface area contributed by atoms with E-state index >= 15 is 0 Å². The minimum Gasteiger partial charge on any atom is -0.396 e. The van der Waals surface area contributed by atoms with Gasteiger partial charge in [0.15, 0.2) is 0 Å². The van der Waals surface area contributed by atoms with Gasteiger partial charge in [-0.3, -0.25) is 0 Å². The van der Waals surface area contributed by atoms with E-state index in [1.807, 2.05) is 6.08 Å². The summed E-state index contributed by atoms with van der Waals surface area (Å²) in [6.07, 6.45) is 17.9. The lowest BCUT2D eigenvalue weighted by atomic mass is 9.81. The zero-order valence-electron chi connectivity index (χ0n) is 35.2. The Labute approximate surface area is 387 Å². The molecule has 0 aliphatic rings. The number of unbranched alkanes of at least 4 members (excludes halogenated alkanes) is 2. The van der Waals surface area contributed by atoms with E-state index in [1.54, 1.807) is 0 Å². The van der Waals surface area contributed by atoms with Gasteiger partial charge in [-0.05, 0) is 98.4 Å². The first-order chi connectivity index (χ1) is 23.8. The number of hydrogen-bond donors (Lipinski definition) is 2. The molecule has 51 heavy (non-hydrogen) atoms. The third-order valence-electron chi connectivity index (χ3n) is 7.96. The Morgan fingerprint density at radius 2 is 1.14 bits per heavy atom. The van der Waals surface area contributed by atoms with Crippen LogP contribution in [0.1, 0.15) is 147 Å². The van der Waals surface area contributed by atoms with Crippen LogP contribution in [0.3, 0.4) is 0 Å². The molecule has 5 unspecified atom stereocenters. The largest absolute Gasteiger partial charge is 0.396 e. The van der Waals surface area contributed by atoms with Crippen molar-refractivity contribution in [3.8, 4) is 0 Å². The number of aliphatic hydroxyl groups is 2. The van der Waals surface area contributed by atoms with Crippen molar-refractivity contribution in [3.05, 3.63) is 24.8 Å². The summed E-state index contributed by atoms with van der Waals surface area (Å²) in [5, 5.41) is 19.5. The smallest absolute Gasteiger partial charge is 0.230 e. The molecule has 0 rings (SSSR count). The Bertz CT molecular complexity index is 656. The molecular formula is C38H82B3Br2I3O2P3. The zero-order chi connectivity index (χ0) is 41.2. The predicted molar refractivity (Wildman–Crippen MR) is 289 cm³/mol. The van der Waals surface area contributed by atoms with Crippen molar-refractivity contribution in [2.45, 2.75) is 147 Å². The van der Waals surface area contributed by atoms with E-state index in [1.165, 1.54) is 68.2 Å². The third kappa shape index (κ3) is 72.1. The number of halogens is 5. The molecule has 0 amide bonds. The molecule has 0 heterocycles. The summed E-state index contributed by atoms with van der Waals surface area (Å²) in [7, 11) is 3.00. The van der Waals surface area contributed by atoms with E-state index in [2.05, 4.69) is 210 Å². The van der Waals surface area contributed by atoms with Crippen molar-refractivity contribution in [3.63, 3.8) is 0 Å². The van der Waals surface area contributed by atoms with Crippen molar-refractivity contribution in [1.82, 2.24) is 0 Å². The minimum atomic E-state index is 0.323. The topological polar surface area (TPSA) is 40.5 Å². The zero-order valence-corrected chi connectivity index (χ0v) is 47.8. The SMILES string of the molecule is BrCCCCP[B]I.C=C(C)CC(C)(C)CC.C=CCP[B]I.CCC(C)(C)CC(C)CBr.CCC(C)(C)CC(C)CO.OCCCCP[B]I. The molecule has 2 nitrogen and oxygen atoms in total. The maximum Gasteiger partial charge on any atom is 0.230 e. The number of rotatable bonds is 24. The average molecular weight is 1240 g/mol. The fourth-order valence-corrected chi connectivity index (χ4v) is 8.77. The second-order valence-corrected chi connectivity index (χ2v) is 25.7. The molecule has 0 saturated heterocycles. The fraction of sp³-hybridized carbons (Fsp3) is 0.895. The Morgan fingerprint density at radius 1 is 0.725 bits per heavy atom. The summed E-state index contributed by atoms with van der Waals surface area (Å²) in [5.41, 5.74) is 2.70. The van der Waals surface area contributed by atoms with E-state index < -0.39 is 0 Å². The molecule has 0 aliphatic carbocycles. The summed E-state index contributed by atoms with van der Waals surface area (Å²) >= 11 is 13.7. The predicted octanol–water partition coefficient (Wildman–Crippen LogP) is 15.7. The van der Waals surface area contributed by atoms with E-state index in [4.69, 9.17) is 10.2 Å². The molecule has 5 atom stereocenters. The van der Waals surface area contributed by atoms with Gasteiger partial charge in [-0.2, -0.15) is 67.1 Å². The molecule has 0 aromatic rings. The van der Waals surface area contributed by atoms with Crippen molar-refractivity contribution in [2.24, 2.45) is 28.1 Å². The standard InChI is InChI=1S/C9H19Br.C9H20O.C9H18.C4H9BBrIP.C4H10BIOP.C3H6BIP/c2*1-5-9(3,4)6-8(2)7-10;1-6-9(4,5)7-8(2)3;6-3-1-2-4-8-5-7;6-5-8-4-2-1-3-7;1-2-3-6-4-5/h8H,5-7H2,1-4H3;8,10H,5-7H2,1-4H3;2,6-7H2,1,3-5H3;8H,1-4H2;7-8H,1-4H2;2,6H,1,3H2. The van der Waals surface area contributed by atoms with Gasteiger partial charge < -0.3 is 10.2 Å². The number of aliphatic hydroxyl groups excluding tert-OH is 2. The molecule has 2 N–H and O–H groups in total. The molecule has 305 valence electrons. The van der Waals surface area contributed by atoms with Gasteiger partial charge in [0.2, 0.25) is 14.6 Å². The van der Waals surface area contributed by atoms with Gasteiger partial charge in [0.05, 0.1) is 0 Å². The van der Waals surface area contributed by atoms with Crippen LogP contribution in [0.2, 0.25) is 0 Å². The van der Waals surface area contributed by atoms with Gasteiger partial charge in [-0.1, -0.05) is 139 Å². The monoisotopic (exact) mass is 1240 g/mol. The Morgan fingerprint density at radius 3 is 1.39 bits per heavy atom. The van der Waals surface area contributed by atoms with Gasteiger partial charge in [-0.25, -0.2) is 0 Å². The van der Waals surface area contributed by atoms with E-state index in [-0.39, 0.29) is 0 Å². The van der Waals surface area contributed by atoms with Gasteiger partial charge in [0.25, 0.3) is 0 Å². The lowest BCUT2D eigenvalue weighted by molar-refractivity contribution is 0.178. The first kappa shape index (κ1) is 66.8. The molecule has 0 aliphatic heterocycles. The highest BCUT2D eigenvalue weighted by Crippen LogP contribution is 2.30. The molecule has 0 saturated carbocycles. The van der Waals surface area contributed by atoms with Crippen LogP contribution in [0.15, 0.2) is 24.8 Å². The summed E-state index contributed by atoms with van der Waals surface area (Å²) in [4.78, 5) is 6.53.